The van der Waals surface area contributed by atoms with Gasteiger partial charge in [0, 0.05) is 31.9 Å². The van der Waals surface area contributed by atoms with Gasteiger partial charge in [-0.05, 0) is 37.5 Å². The summed E-state index contributed by atoms with van der Waals surface area (Å²) in [5.74, 6) is 0.856. The van der Waals surface area contributed by atoms with Crippen molar-refractivity contribution >= 4 is 35.6 Å². The van der Waals surface area contributed by atoms with Gasteiger partial charge in [-0.15, -0.1) is 24.0 Å². The Bertz CT molecular complexity index is 598. The van der Waals surface area contributed by atoms with Crippen LogP contribution in [-0.4, -0.2) is 58.1 Å². The molecule has 1 aliphatic heterocycles. The van der Waals surface area contributed by atoms with Gasteiger partial charge in [-0.2, -0.15) is 0 Å². The molecule has 0 bridgehead atoms. The second-order valence-corrected chi connectivity index (χ2v) is 7.87. The van der Waals surface area contributed by atoms with E-state index in [1.807, 2.05) is 0 Å². The fourth-order valence-corrected chi connectivity index (χ4v) is 3.95. The smallest absolute Gasteiger partial charge is 0.191 e. The molecule has 6 nitrogen and oxygen atoms in total. The van der Waals surface area contributed by atoms with E-state index in [-0.39, 0.29) is 24.0 Å². The number of nitrogens with zero attached hydrogens (tertiary/aromatic N) is 2. The van der Waals surface area contributed by atoms with E-state index in [4.69, 9.17) is 14.5 Å². The number of benzene rings is 1. The standard InChI is InChI=1S/C23H38N4O2.HI/c1-2-24-23(25-13-16-29-22-7-5-3-4-6-8-22)26-19-20-9-11-21(12-10-20)27-14-17-28-18-15-27;/h9-12,22H,2-8,13-19H2,1H3,(H2,24,25,26);1H. The van der Waals surface area contributed by atoms with E-state index in [9.17, 15) is 0 Å². The van der Waals surface area contributed by atoms with Gasteiger partial charge in [0.2, 0.25) is 0 Å². The fraction of sp³-hybridized carbons (Fsp3) is 0.696. The Hall–Kier alpha value is -1.06. The first kappa shape index (κ1) is 25.2. The third kappa shape index (κ3) is 8.98. The van der Waals surface area contributed by atoms with Crippen LogP contribution >= 0.6 is 24.0 Å². The molecular formula is C23H39IN4O2. The van der Waals surface area contributed by atoms with Gasteiger partial charge < -0.3 is 25.0 Å². The number of aliphatic imine (C=N–C) groups is 1. The average molecular weight is 530 g/mol. The number of hydrogen-bond acceptors (Lipinski definition) is 4. The van der Waals surface area contributed by atoms with Crippen LogP contribution in [0.4, 0.5) is 5.69 Å². The molecule has 1 saturated carbocycles. The summed E-state index contributed by atoms with van der Waals surface area (Å²) >= 11 is 0. The largest absolute Gasteiger partial charge is 0.378 e. The number of ether oxygens (including phenoxy) is 2. The molecule has 0 aromatic heterocycles. The lowest BCUT2D eigenvalue weighted by Crippen LogP contribution is -2.39. The number of hydrogen-bond donors (Lipinski definition) is 2. The monoisotopic (exact) mass is 530 g/mol. The second-order valence-electron chi connectivity index (χ2n) is 7.87. The van der Waals surface area contributed by atoms with Crippen LogP contribution in [-0.2, 0) is 16.0 Å². The third-order valence-electron chi connectivity index (χ3n) is 5.63. The van der Waals surface area contributed by atoms with Crippen molar-refractivity contribution in [2.24, 2.45) is 4.99 Å². The van der Waals surface area contributed by atoms with E-state index in [1.165, 1.54) is 49.8 Å². The van der Waals surface area contributed by atoms with Gasteiger partial charge in [0.15, 0.2) is 5.96 Å². The van der Waals surface area contributed by atoms with Gasteiger partial charge in [-0.3, -0.25) is 0 Å². The molecule has 2 fully saturated rings. The van der Waals surface area contributed by atoms with Gasteiger partial charge in [-0.25, -0.2) is 4.99 Å². The molecule has 3 rings (SSSR count). The molecule has 0 atom stereocenters. The second kappa shape index (κ2) is 14.9. The highest BCUT2D eigenvalue weighted by Crippen LogP contribution is 2.19. The molecule has 1 aromatic rings. The van der Waals surface area contributed by atoms with Crippen LogP contribution in [0.1, 0.15) is 51.0 Å². The third-order valence-corrected chi connectivity index (χ3v) is 5.63. The molecule has 170 valence electrons. The lowest BCUT2D eigenvalue weighted by atomic mass is 10.1. The molecular weight excluding hydrogens is 491 g/mol. The normalized spacial score (nSPS) is 18.4. The van der Waals surface area contributed by atoms with Gasteiger partial charge in [-0.1, -0.05) is 37.8 Å². The first-order valence-corrected chi connectivity index (χ1v) is 11.4. The molecule has 0 unspecified atom stereocenters. The highest BCUT2D eigenvalue weighted by molar-refractivity contribution is 14.0. The van der Waals surface area contributed by atoms with Crippen LogP contribution in [0, 0.1) is 0 Å². The van der Waals surface area contributed by atoms with Crippen molar-refractivity contribution in [3.63, 3.8) is 0 Å². The zero-order chi connectivity index (χ0) is 20.2. The number of nitrogens with one attached hydrogen (secondary N) is 2. The quantitative estimate of drug-likeness (QED) is 0.175. The van der Waals surface area contributed by atoms with Crippen molar-refractivity contribution in [2.45, 2.75) is 58.1 Å². The predicted octanol–water partition coefficient (Wildman–Crippen LogP) is 3.94. The lowest BCUT2D eigenvalue weighted by Gasteiger charge is -2.28. The van der Waals surface area contributed by atoms with Crippen molar-refractivity contribution in [3.05, 3.63) is 29.8 Å². The van der Waals surface area contributed by atoms with E-state index in [1.54, 1.807) is 0 Å². The average Bonchev–Trinajstić information content (AvgIpc) is 3.05. The van der Waals surface area contributed by atoms with Crippen LogP contribution in [0.15, 0.2) is 29.3 Å². The Kier molecular flexibility index (Phi) is 12.5. The van der Waals surface area contributed by atoms with Gasteiger partial charge in [0.25, 0.3) is 0 Å². The van der Waals surface area contributed by atoms with E-state index < -0.39 is 0 Å². The van der Waals surface area contributed by atoms with Gasteiger partial charge >= 0.3 is 0 Å². The molecule has 30 heavy (non-hydrogen) atoms. The van der Waals surface area contributed by atoms with E-state index in [0.717, 1.165) is 52.0 Å². The van der Waals surface area contributed by atoms with Crippen LogP contribution in [0.5, 0.6) is 0 Å². The zero-order valence-corrected chi connectivity index (χ0v) is 20.7. The molecule has 1 aromatic carbocycles. The molecule has 0 amide bonds. The van der Waals surface area contributed by atoms with E-state index >= 15 is 0 Å². The minimum absolute atomic E-state index is 0. The van der Waals surface area contributed by atoms with Gasteiger partial charge in [0.05, 0.1) is 32.5 Å². The van der Waals surface area contributed by atoms with Crippen molar-refractivity contribution in [2.75, 3.05) is 50.9 Å². The van der Waals surface area contributed by atoms with Crippen LogP contribution in [0.3, 0.4) is 0 Å². The number of guanidine groups is 1. The Labute approximate surface area is 199 Å². The van der Waals surface area contributed by atoms with Crippen LogP contribution in [0.2, 0.25) is 0 Å². The summed E-state index contributed by atoms with van der Waals surface area (Å²) in [6, 6.07) is 8.73. The molecule has 0 spiro atoms. The van der Waals surface area contributed by atoms with Crippen molar-refractivity contribution < 1.29 is 9.47 Å². The molecule has 2 N–H and O–H groups in total. The Morgan fingerprint density at radius 2 is 1.77 bits per heavy atom. The summed E-state index contributed by atoms with van der Waals surface area (Å²) in [6.07, 6.45) is 8.23. The molecule has 1 aliphatic carbocycles. The lowest BCUT2D eigenvalue weighted by molar-refractivity contribution is 0.0468. The first-order valence-electron chi connectivity index (χ1n) is 11.4. The van der Waals surface area contributed by atoms with E-state index in [2.05, 4.69) is 46.7 Å². The number of anilines is 1. The van der Waals surface area contributed by atoms with Crippen molar-refractivity contribution in [3.8, 4) is 0 Å². The minimum atomic E-state index is 0. The maximum Gasteiger partial charge on any atom is 0.191 e. The highest BCUT2D eigenvalue weighted by atomic mass is 127. The highest BCUT2D eigenvalue weighted by Gasteiger charge is 2.12. The maximum absolute atomic E-state index is 6.07. The first-order chi connectivity index (χ1) is 14.3. The number of halogens is 1. The molecule has 7 heteroatoms. The molecule has 0 radical (unpaired) electrons. The van der Waals surface area contributed by atoms with Crippen molar-refractivity contribution in [1.82, 2.24) is 10.6 Å². The zero-order valence-electron chi connectivity index (χ0n) is 18.4. The number of rotatable bonds is 8. The maximum atomic E-state index is 6.07. The minimum Gasteiger partial charge on any atom is -0.378 e. The summed E-state index contributed by atoms with van der Waals surface area (Å²) < 4.78 is 11.5. The Morgan fingerprint density at radius 3 is 2.43 bits per heavy atom. The van der Waals surface area contributed by atoms with Crippen molar-refractivity contribution in [1.29, 1.82) is 0 Å². The Balaban J connectivity index is 0.00000320. The summed E-state index contributed by atoms with van der Waals surface area (Å²) in [4.78, 5) is 7.10. The molecule has 1 heterocycles. The summed E-state index contributed by atoms with van der Waals surface area (Å²) in [6.45, 7) is 8.71. The SMILES string of the molecule is CCNC(=NCc1ccc(N2CCOCC2)cc1)NCCOC1CCCCCC1.I. The van der Waals surface area contributed by atoms with Gasteiger partial charge in [0.1, 0.15) is 0 Å². The molecule has 2 aliphatic rings. The predicted molar refractivity (Wildman–Crippen MR) is 135 cm³/mol. The van der Waals surface area contributed by atoms with E-state index in [0.29, 0.717) is 12.6 Å². The van der Waals surface area contributed by atoms with Crippen LogP contribution < -0.4 is 15.5 Å². The summed E-state index contributed by atoms with van der Waals surface area (Å²) in [7, 11) is 0. The Morgan fingerprint density at radius 1 is 1.07 bits per heavy atom. The van der Waals surface area contributed by atoms with Crippen LogP contribution in [0.25, 0.3) is 0 Å². The number of morpholine rings is 1. The topological polar surface area (TPSA) is 58.1 Å². The summed E-state index contributed by atoms with van der Waals surface area (Å²) in [5.41, 5.74) is 2.48. The fourth-order valence-electron chi connectivity index (χ4n) is 3.95. The molecule has 1 saturated heterocycles. The summed E-state index contributed by atoms with van der Waals surface area (Å²) in [5, 5.41) is 6.73.